The van der Waals surface area contributed by atoms with Gasteiger partial charge in [-0.1, -0.05) is 25.1 Å². The smallest absolute Gasteiger partial charge is 0.234 e. The van der Waals surface area contributed by atoms with Gasteiger partial charge in [-0.2, -0.15) is 0 Å². The Morgan fingerprint density at radius 1 is 1.23 bits per heavy atom. The number of thioether (sulfide) groups is 1. The number of carbonyl (C=O) groups is 2. The van der Waals surface area contributed by atoms with E-state index >= 15 is 0 Å². The van der Waals surface area contributed by atoms with Gasteiger partial charge in [-0.25, -0.2) is 4.98 Å². The van der Waals surface area contributed by atoms with E-state index in [0.29, 0.717) is 6.54 Å². The van der Waals surface area contributed by atoms with Crippen molar-refractivity contribution in [1.82, 2.24) is 10.3 Å². The van der Waals surface area contributed by atoms with E-state index in [1.54, 1.807) is 31.4 Å². The van der Waals surface area contributed by atoms with Crippen molar-refractivity contribution in [2.45, 2.75) is 30.5 Å². The Hall–Kier alpha value is -2.06. The molecular formula is C18H23N3O3S2. The van der Waals surface area contributed by atoms with Crippen LogP contribution in [0.4, 0.5) is 5.69 Å². The maximum absolute atomic E-state index is 12.0. The molecule has 0 aliphatic heterocycles. The Bertz CT molecular complexity index is 717. The first-order valence-corrected chi connectivity index (χ1v) is 10.2. The number of anilines is 1. The number of hydrogen-bond donors (Lipinski definition) is 2. The van der Waals surface area contributed by atoms with E-state index in [1.807, 2.05) is 5.38 Å². The van der Waals surface area contributed by atoms with Gasteiger partial charge < -0.3 is 15.4 Å². The Labute approximate surface area is 161 Å². The fraction of sp³-hybridized carbons (Fsp3) is 0.389. The molecule has 2 N–H and O–H groups in total. The van der Waals surface area contributed by atoms with Gasteiger partial charge >= 0.3 is 0 Å². The van der Waals surface area contributed by atoms with Crippen molar-refractivity contribution in [3.8, 4) is 5.75 Å². The minimum Gasteiger partial charge on any atom is -0.497 e. The van der Waals surface area contributed by atoms with Gasteiger partial charge in [0.25, 0.3) is 0 Å². The highest BCUT2D eigenvalue weighted by Crippen LogP contribution is 2.23. The second-order valence-electron chi connectivity index (χ2n) is 5.55. The summed E-state index contributed by atoms with van der Waals surface area (Å²) in [4.78, 5) is 28.2. The van der Waals surface area contributed by atoms with Crippen molar-refractivity contribution in [2.75, 3.05) is 24.7 Å². The Balaban J connectivity index is 1.74. The highest BCUT2D eigenvalue weighted by molar-refractivity contribution is 8.01. The van der Waals surface area contributed by atoms with E-state index in [-0.39, 0.29) is 24.0 Å². The fourth-order valence-electron chi connectivity index (χ4n) is 2.07. The van der Waals surface area contributed by atoms with Crippen LogP contribution in [0.1, 0.15) is 25.5 Å². The minimum atomic E-state index is -0.103. The lowest BCUT2D eigenvalue weighted by molar-refractivity contribution is -0.120. The van der Waals surface area contributed by atoms with Crippen LogP contribution in [0.25, 0.3) is 0 Å². The van der Waals surface area contributed by atoms with Gasteiger partial charge in [-0.15, -0.1) is 11.3 Å². The first kappa shape index (κ1) is 20.3. The Kier molecular flexibility index (Phi) is 8.43. The number of unbranched alkanes of at least 4 members (excludes halogenated alkanes) is 1. The Morgan fingerprint density at radius 2 is 2.00 bits per heavy atom. The molecule has 1 heterocycles. The topological polar surface area (TPSA) is 80.3 Å². The lowest BCUT2D eigenvalue weighted by Gasteiger charge is -2.05. The van der Waals surface area contributed by atoms with E-state index in [4.69, 9.17) is 4.74 Å². The number of thiazole rings is 1. The molecule has 0 radical (unpaired) electrons. The van der Waals surface area contributed by atoms with Gasteiger partial charge in [0, 0.05) is 17.6 Å². The molecule has 2 rings (SSSR count). The molecule has 0 saturated heterocycles. The van der Waals surface area contributed by atoms with Crippen molar-refractivity contribution in [3.63, 3.8) is 0 Å². The third kappa shape index (κ3) is 7.05. The predicted octanol–water partition coefficient (Wildman–Crippen LogP) is 3.34. The van der Waals surface area contributed by atoms with E-state index in [9.17, 15) is 9.59 Å². The second-order valence-corrected chi connectivity index (χ2v) is 7.63. The summed E-state index contributed by atoms with van der Waals surface area (Å²) < 4.78 is 5.87. The summed E-state index contributed by atoms with van der Waals surface area (Å²) in [5.74, 6) is 0.889. The van der Waals surface area contributed by atoms with Crippen molar-refractivity contribution in [2.24, 2.45) is 0 Å². The molecule has 0 bridgehead atoms. The minimum absolute atomic E-state index is 0.0162. The van der Waals surface area contributed by atoms with Crippen LogP contribution in [-0.4, -0.2) is 36.2 Å². The molecule has 0 atom stereocenters. The summed E-state index contributed by atoms with van der Waals surface area (Å²) in [6.07, 6.45) is 2.31. The van der Waals surface area contributed by atoms with E-state index in [1.165, 1.54) is 23.1 Å². The Morgan fingerprint density at radius 3 is 2.69 bits per heavy atom. The summed E-state index contributed by atoms with van der Waals surface area (Å²) >= 11 is 2.81. The van der Waals surface area contributed by atoms with Crippen molar-refractivity contribution in [3.05, 3.63) is 35.3 Å². The van der Waals surface area contributed by atoms with E-state index in [2.05, 4.69) is 22.5 Å². The van der Waals surface area contributed by atoms with E-state index < -0.39 is 0 Å². The monoisotopic (exact) mass is 393 g/mol. The predicted molar refractivity (Wildman–Crippen MR) is 106 cm³/mol. The molecule has 0 saturated carbocycles. The van der Waals surface area contributed by atoms with Crippen LogP contribution in [0.5, 0.6) is 5.75 Å². The van der Waals surface area contributed by atoms with Crippen LogP contribution < -0.4 is 15.4 Å². The molecule has 140 valence electrons. The number of hydrogen-bond acceptors (Lipinski definition) is 6. The van der Waals surface area contributed by atoms with Gasteiger partial charge in [-0.3, -0.25) is 9.59 Å². The molecule has 2 amide bonds. The van der Waals surface area contributed by atoms with Gasteiger partial charge in [0.1, 0.15) is 5.75 Å². The number of carbonyl (C=O) groups excluding carboxylic acids is 2. The molecule has 8 heteroatoms. The van der Waals surface area contributed by atoms with Crippen molar-refractivity contribution >= 4 is 40.6 Å². The normalized spacial score (nSPS) is 10.4. The van der Waals surface area contributed by atoms with Crippen LogP contribution in [0.15, 0.2) is 34.0 Å². The van der Waals surface area contributed by atoms with Crippen LogP contribution in [0.3, 0.4) is 0 Å². The van der Waals surface area contributed by atoms with Crippen LogP contribution >= 0.6 is 23.1 Å². The third-order valence-corrected chi connectivity index (χ3v) is 5.50. The van der Waals surface area contributed by atoms with E-state index in [0.717, 1.165) is 34.3 Å². The average molecular weight is 394 g/mol. The average Bonchev–Trinajstić information content (AvgIpc) is 3.08. The summed E-state index contributed by atoms with van der Waals surface area (Å²) in [5, 5.41) is 7.57. The molecule has 0 aliphatic rings. The zero-order valence-corrected chi connectivity index (χ0v) is 16.5. The first-order valence-electron chi connectivity index (χ1n) is 8.38. The number of methoxy groups -OCH3 is 1. The molecule has 26 heavy (non-hydrogen) atoms. The summed E-state index contributed by atoms with van der Waals surface area (Å²) in [5.41, 5.74) is 1.46. The number of rotatable bonds is 10. The molecule has 0 spiro atoms. The van der Waals surface area contributed by atoms with Crippen molar-refractivity contribution < 1.29 is 14.3 Å². The maximum Gasteiger partial charge on any atom is 0.234 e. The van der Waals surface area contributed by atoms with Gasteiger partial charge in [-0.05, 0) is 30.7 Å². The largest absolute Gasteiger partial charge is 0.497 e. The number of benzene rings is 1. The van der Waals surface area contributed by atoms with Crippen LogP contribution in [0.2, 0.25) is 0 Å². The summed E-state index contributed by atoms with van der Waals surface area (Å²) in [7, 11) is 1.60. The van der Waals surface area contributed by atoms with Gasteiger partial charge in [0.15, 0.2) is 4.34 Å². The number of ether oxygens (including phenoxy) is 1. The second kappa shape index (κ2) is 10.8. The van der Waals surface area contributed by atoms with Crippen molar-refractivity contribution in [1.29, 1.82) is 0 Å². The quantitative estimate of drug-likeness (QED) is 0.478. The van der Waals surface area contributed by atoms with Crippen LogP contribution in [0, 0.1) is 0 Å². The molecule has 0 unspecified atom stereocenters. The summed E-state index contributed by atoms with van der Waals surface area (Å²) in [6.45, 7) is 2.79. The number of nitrogens with zero attached hydrogens (tertiary/aromatic N) is 1. The maximum atomic E-state index is 12.0. The molecular weight excluding hydrogens is 370 g/mol. The third-order valence-electron chi connectivity index (χ3n) is 3.43. The number of aromatic nitrogens is 1. The lowest BCUT2D eigenvalue weighted by atomic mass is 10.3. The SMILES string of the molecule is CCCCNC(=O)Cc1csc(SCC(=O)Nc2ccc(OC)cc2)n1. The standard InChI is InChI=1S/C18H23N3O3S2/c1-3-4-9-19-16(22)10-14-11-25-18(21-14)26-12-17(23)20-13-5-7-15(24-2)8-6-13/h5-8,11H,3-4,9-10,12H2,1-2H3,(H,19,22)(H,20,23). The van der Waals surface area contributed by atoms with Gasteiger partial charge in [0.05, 0.1) is 25.0 Å². The molecule has 1 aromatic carbocycles. The molecule has 2 aromatic rings. The molecule has 6 nitrogen and oxygen atoms in total. The molecule has 1 aromatic heterocycles. The fourth-order valence-corrected chi connectivity index (χ4v) is 3.71. The highest BCUT2D eigenvalue weighted by atomic mass is 32.2. The zero-order valence-electron chi connectivity index (χ0n) is 14.9. The number of amides is 2. The molecule has 0 aliphatic carbocycles. The lowest BCUT2D eigenvalue weighted by Crippen LogP contribution is -2.26. The first-order chi connectivity index (χ1) is 12.6. The van der Waals surface area contributed by atoms with Crippen LogP contribution in [-0.2, 0) is 16.0 Å². The number of nitrogens with one attached hydrogen (secondary N) is 2. The van der Waals surface area contributed by atoms with Gasteiger partial charge in [0.2, 0.25) is 11.8 Å². The highest BCUT2D eigenvalue weighted by Gasteiger charge is 2.10. The summed E-state index contributed by atoms with van der Waals surface area (Å²) in [6, 6.07) is 7.17. The molecule has 0 fully saturated rings. The zero-order chi connectivity index (χ0) is 18.8.